The number of fused-ring (bicyclic) bond motifs is 5. The number of amides is 5. The third-order valence-electron chi connectivity index (χ3n) is 10.9. The van der Waals surface area contributed by atoms with Crippen LogP contribution in [0.3, 0.4) is 0 Å². The number of benzene rings is 4. The predicted molar refractivity (Wildman–Crippen MR) is 239 cm³/mol. The Morgan fingerprint density at radius 3 is 2.12 bits per heavy atom. The Bertz CT molecular complexity index is 2520. The summed E-state index contributed by atoms with van der Waals surface area (Å²) in [7, 11) is 1.39. The molecule has 0 aliphatic carbocycles. The summed E-state index contributed by atoms with van der Waals surface area (Å²) in [5.41, 5.74) is 8.70. The first-order valence-corrected chi connectivity index (χ1v) is 21.0. The summed E-state index contributed by atoms with van der Waals surface area (Å²) in [6.45, 7) is 3.20. The van der Waals surface area contributed by atoms with Crippen LogP contribution in [0, 0.1) is 0 Å². The number of ketones is 1. The average Bonchev–Trinajstić information content (AvgIpc) is 3.29. The fourth-order valence-electron chi connectivity index (χ4n) is 7.34. The quantitative estimate of drug-likeness (QED) is 0.0651. The molecule has 1 aliphatic heterocycles. The topological polar surface area (TPSA) is 246 Å². The highest BCUT2D eigenvalue weighted by Crippen LogP contribution is 2.39. The SMILES string of the molecule is CC1NC(=O)C(N(C)C(=O)C(CCCCN)NC(=O)c2ccc(-c3ccc(Cl)cc3)cc2)c2ccc(O)c(c2)-c2cc(ccc2O)CC(C(=O)NC(C)C(=O)c2ncccn2)NC1=O. The lowest BCUT2D eigenvalue weighted by Crippen LogP contribution is -2.57. The highest BCUT2D eigenvalue weighted by molar-refractivity contribution is 6.30. The van der Waals surface area contributed by atoms with Gasteiger partial charge in [0, 0.05) is 47.6 Å². The molecule has 4 bridgehead atoms. The van der Waals surface area contributed by atoms with Crippen LogP contribution in [0.15, 0.2) is 103 Å². The molecule has 8 N–H and O–H groups in total. The van der Waals surface area contributed by atoms with E-state index in [2.05, 4.69) is 31.2 Å². The number of nitrogens with two attached hydrogens (primary N) is 1. The van der Waals surface area contributed by atoms with Gasteiger partial charge < -0.3 is 42.1 Å². The summed E-state index contributed by atoms with van der Waals surface area (Å²) >= 11 is 6.05. The van der Waals surface area contributed by atoms with Gasteiger partial charge in [-0.05, 0) is 117 Å². The van der Waals surface area contributed by atoms with E-state index >= 15 is 0 Å². The van der Waals surface area contributed by atoms with Gasteiger partial charge in [-0.2, -0.15) is 0 Å². The van der Waals surface area contributed by atoms with E-state index in [1.807, 2.05) is 12.1 Å². The van der Waals surface area contributed by atoms with Gasteiger partial charge in [0.1, 0.15) is 35.7 Å². The number of aromatic hydroxyl groups is 2. The minimum Gasteiger partial charge on any atom is -0.507 e. The van der Waals surface area contributed by atoms with Crippen LogP contribution in [-0.4, -0.2) is 98.2 Å². The Labute approximate surface area is 374 Å². The number of hydrogen-bond acceptors (Lipinski definition) is 11. The zero-order valence-electron chi connectivity index (χ0n) is 35.4. The maximum atomic E-state index is 14.6. The van der Waals surface area contributed by atoms with Crippen LogP contribution in [0.2, 0.25) is 5.02 Å². The second-order valence-electron chi connectivity index (χ2n) is 15.5. The second kappa shape index (κ2) is 20.8. The molecule has 0 saturated heterocycles. The Morgan fingerprint density at radius 2 is 1.47 bits per heavy atom. The summed E-state index contributed by atoms with van der Waals surface area (Å²) in [5.74, 6) is -4.68. The molecule has 1 aliphatic rings. The monoisotopic (exact) mass is 888 g/mol. The summed E-state index contributed by atoms with van der Waals surface area (Å²) in [4.78, 5) is 92.5. The number of halogens is 1. The van der Waals surface area contributed by atoms with Crippen molar-refractivity contribution >= 4 is 46.9 Å². The zero-order valence-corrected chi connectivity index (χ0v) is 36.1. The first-order valence-electron chi connectivity index (χ1n) is 20.7. The van der Waals surface area contributed by atoms with E-state index in [1.54, 1.807) is 36.4 Å². The summed E-state index contributed by atoms with van der Waals surface area (Å²) in [6, 6.07) is 18.0. The van der Waals surface area contributed by atoms with Crippen molar-refractivity contribution in [1.82, 2.24) is 36.1 Å². The fourth-order valence-corrected chi connectivity index (χ4v) is 7.46. The molecule has 17 heteroatoms. The van der Waals surface area contributed by atoms with Gasteiger partial charge in [0.2, 0.25) is 29.4 Å². The predicted octanol–water partition coefficient (Wildman–Crippen LogP) is 4.24. The minimum absolute atomic E-state index is 0.0996. The van der Waals surface area contributed by atoms with Gasteiger partial charge >= 0.3 is 0 Å². The van der Waals surface area contributed by atoms with Crippen LogP contribution >= 0.6 is 11.6 Å². The lowest BCUT2D eigenvalue weighted by Gasteiger charge is -2.32. The van der Waals surface area contributed by atoms with Crippen molar-refractivity contribution in [3.8, 4) is 33.8 Å². The number of nitrogens with zero attached hydrogens (tertiary/aromatic N) is 3. The fraction of sp³-hybridized carbons (Fsp3) is 0.277. The van der Waals surface area contributed by atoms with Gasteiger partial charge in [-0.3, -0.25) is 28.8 Å². The molecule has 64 heavy (non-hydrogen) atoms. The van der Waals surface area contributed by atoms with Crippen molar-refractivity contribution in [3.05, 3.63) is 131 Å². The van der Waals surface area contributed by atoms with E-state index in [4.69, 9.17) is 17.3 Å². The maximum Gasteiger partial charge on any atom is 0.251 e. The molecule has 4 aromatic carbocycles. The molecule has 0 saturated carbocycles. The standard InChI is InChI=1S/C47H49ClN8O8/c1-26(41(59)42-50-21-6-22-51-42)52-45(62)37-24-28-8-18-38(57)34(23-28)35-25-32(15-19-39(35)58)40(46(63)53-27(2)43(60)55-37)56(3)47(64)36(7-4-5-20-49)54-44(61)31-11-9-29(10-12-31)30-13-16-33(48)17-14-30/h6,8-19,21-23,25-27,36-37,40,57-58H,4-5,7,20,24,49H2,1-3H3,(H,52,62)(H,53,63)(H,54,61)(H,55,60). The number of Topliss-reactive ketones (excluding diaryl/α,β-unsaturated/α-hetero) is 1. The number of phenolic OH excluding ortho intramolecular Hbond substituents is 2. The van der Waals surface area contributed by atoms with E-state index in [-0.39, 0.29) is 52.4 Å². The molecule has 6 rings (SSSR count). The first-order chi connectivity index (χ1) is 30.6. The molecule has 5 aromatic rings. The van der Waals surface area contributed by atoms with Crippen LogP contribution in [0.5, 0.6) is 11.5 Å². The molecule has 0 fully saturated rings. The maximum absolute atomic E-state index is 14.6. The Morgan fingerprint density at radius 1 is 0.844 bits per heavy atom. The van der Waals surface area contributed by atoms with Gasteiger partial charge in [0.25, 0.3) is 5.91 Å². The van der Waals surface area contributed by atoms with E-state index in [0.29, 0.717) is 30.0 Å². The number of nitrogens with one attached hydrogen (secondary N) is 4. The molecule has 5 atom stereocenters. The van der Waals surface area contributed by atoms with E-state index in [0.717, 1.165) is 16.0 Å². The van der Waals surface area contributed by atoms with Crippen molar-refractivity contribution in [1.29, 1.82) is 0 Å². The van der Waals surface area contributed by atoms with E-state index in [1.165, 1.54) is 75.8 Å². The Kier molecular flexibility index (Phi) is 15.1. The Hall–Kier alpha value is -7.17. The van der Waals surface area contributed by atoms with Crippen LogP contribution < -0.4 is 27.0 Å². The van der Waals surface area contributed by atoms with Crippen molar-refractivity contribution in [3.63, 3.8) is 0 Å². The highest BCUT2D eigenvalue weighted by atomic mass is 35.5. The largest absolute Gasteiger partial charge is 0.507 e. The number of likely N-dealkylation sites (N-methyl/N-ethyl adjacent to an activating group) is 1. The van der Waals surface area contributed by atoms with Gasteiger partial charge in [-0.15, -0.1) is 0 Å². The van der Waals surface area contributed by atoms with Gasteiger partial charge in [0.05, 0.1) is 6.04 Å². The lowest BCUT2D eigenvalue weighted by molar-refractivity contribution is -0.141. The number of carbonyl (C=O) groups excluding carboxylic acids is 6. The smallest absolute Gasteiger partial charge is 0.251 e. The highest BCUT2D eigenvalue weighted by Gasteiger charge is 2.36. The molecule has 16 nitrogen and oxygen atoms in total. The molecule has 5 unspecified atom stereocenters. The van der Waals surface area contributed by atoms with Gasteiger partial charge in [-0.25, -0.2) is 9.97 Å². The first kappa shape index (κ1) is 46.3. The summed E-state index contributed by atoms with van der Waals surface area (Å²) in [6.07, 6.45) is 3.84. The minimum atomic E-state index is -1.45. The van der Waals surface area contributed by atoms with Crippen molar-refractivity contribution < 1.29 is 39.0 Å². The van der Waals surface area contributed by atoms with Crippen LogP contribution in [0.25, 0.3) is 22.3 Å². The molecule has 0 radical (unpaired) electrons. The van der Waals surface area contributed by atoms with Crippen LogP contribution in [0.1, 0.15) is 71.3 Å². The molecular weight excluding hydrogens is 840 g/mol. The number of hydrogen-bond donors (Lipinski definition) is 7. The second-order valence-corrected chi connectivity index (χ2v) is 16.0. The van der Waals surface area contributed by atoms with Gasteiger partial charge in [-0.1, -0.05) is 48.0 Å². The number of unbranched alkanes of at least 4 members (excludes halogenated alkanes) is 1. The molecule has 0 spiro atoms. The third kappa shape index (κ3) is 11.1. The molecule has 332 valence electrons. The number of phenols is 2. The van der Waals surface area contributed by atoms with E-state index < -0.39 is 65.5 Å². The molecular formula is C47H49ClN8O8. The van der Waals surface area contributed by atoms with Crippen molar-refractivity contribution in [2.45, 2.75) is 69.7 Å². The summed E-state index contributed by atoms with van der Waals surface area (Å²) < 4.78 is 0. The van der Waals surface area contributed by atoms with Crippen molar-refractivity contribution in [2.24, 2.45) is 5.73 Å². The van der Waals surface area contributed by atoms with Crippen LogP contribution in [0.4, 0.5) is 0 Å². The number of aromatic nitrogens is 2. The van der Waals surface area contributed by atoms with Gasteiger partial charge in [0.15, 0.2) is 5.82 Å². The Balaban J connectivity index is 1.31. The number of carbonyl (C=O) groups is 6. The van der Waals surface area contributed by atoms with Crippen molar-refractivity contribution in [2.75, 3.05) is 13.6 Å². The summed E-state index contributed by atoms with van der Waals surface area (Å²) in [5, 5.41) is 33.6. The molecule has 5 amide bonds. The zero-order chi connectivity index (χ0) is 46.1. The molecule has 2 heterocycles. The molecule has 1 aromatic heterocycles. The lowest BCUT2D eigenvalue weighted by atomic mass is 9.93. The number of rotatable bonds is 13. The average molecular weight is 889 g/mol. The van der Waals surface area contributed by atoms with E-state index in [9.17, 15) is 39.0 Å². The normalized spacial score (nSPS) is 17.1. The third-order valence-corrected chi connectivity index (χ3v) is 11.2. The van der Waals surface area contributed by atoms with Crippen LogP contribution in [-0.2, 0) is 25.6 Å².